The molecule has 0 radical (unpaired) electrons. The minimum atomic E-state index is -4.09. The number of rotatable bonds is 4. The second-order valence-electron chi connectivity index (χ2n) is 2.80. The van der Waals surface area contributed by atoms with Crippen LogP contribution in [0.5, 0.6) is 0 Å². The molecule has 0 aliphatic heterocycles. The summed E-state index contributed by atoms with van der Waals surface area (Å²) in [7, 11) is -4.09. The summed E-state index contributed by atoms with van der Waals surface area (Å²) in [6, 6.07) is 3.47. The van der Waals surface area contributed by atoms with E-state index in [-0.39, 0.29) is 6.42 Å². The van der Waals surface area contributed by atoms with E-state index in [4.69, 9.17) is 4.55 Å². The van der Waals surface area contributed by atoms with Crippen molar-refractivity contribution in [3.05, 3.63) is 24.0 Å². The molecule has 0 spiro atoms. The smallest absolute Gasteiger partial charge is 0.267 e. The van der Waals surface area contributed by atoms with Crippen LogP contribution in [0.1, 0.15) is 5.69 Å². The van der Waals surface area contributed by atoms with Crippen LogP contribution in [0.25, 0.3) is 0 Å². The van der Waals surface area contributed by atoms with Crippen LogP contribution in [0.2, 0.25) is 0 Å². The van der Waals surface area contributed by atoms with E-state index in [1.54, 1.807) is 18.3 Å². The molecule has 13 heavy (non-hydrogen) atoms. The molecule has 3 N–H and O–H groups in total. The van der Waals surface area contributed by atoms with Gasteiger partial charge in [0.15, 0.2) is 0 Å². The highest BCUT2D eigenvalue weighted by atomic mass is 32.2. The van der Waals surface area contributed by atoms with Crippen molar-refractivity contribution in [3.8, 4) is 0 Å². The zero-order valence-corrected chi connectivity index (χ0v) is 7.66. The topological polar surface area (TPSA) is 90.4 Å². The molecular formula is C7H11NO4S. The van der Waals surface area contributed by atoms with E-state index in [9.17, 15) is 13.5 Å². The number of aliphatic hydroxyl groups excluding tert-OH is 1. The standard InChI is InChI=1S/C7H11NO4S/c9-7(5-13(10,11)12)4-6-2-1-3-8-6/h1-3,7-9H,4-5H2,(H,10,11,12). The van der Waals surface area contributed by atoms with Gasteiger partial charge in [0.1, 0.15) is 5.75 Å². The maximum atomic E-state index is 10.4. The van der Waals surface area contributed by atoms with Gasteiger partial charge < -0.3 is 10.1 Å². The third-order valence-corrected chi connectivity index (χ3v) is 2.33. The molecule has 0 bridgehead atoms. The lowest BCUT2D eigenvalue weighted by Crippen LogP contribution is -2.22. The lowest BCUT2D eigenvalue weighted by Gasteiger charge is -2.06. The van der Waals surface area contributed by atoms with E-state index in [0.29, 0.717) is 0 Å². The summed E-state index contributed by atoms with van der Waals surface area (Å²) in [4.78, 5) is 2.82. The molecular weight excluding hydrogens is 194 g/mol. The zero-order valence-electron chi connectivity index (χ0n) is 6.84. The molecule has 0 amide bonds. The number of aliphatic hydroxyl groups is 1. The van der Waals surface area contributed by atoms with Crippen LogP contribution >= 0.6 is 0 Å². The summed E-state index contributed by atoms with van der Waals surface area (Å²) in [6.45, 7) is 0. The Morgan fingerprint density at radius 1 is 1.54 bits per heavy atom. The average Bonchev–Trinajstić information content (AvgIpc) is 2.34. The molecule has 0 saturated carbocycles. The van der Waals surface area contributed by atoms with Gasteiger partial charge >= 0.3 is 0 Å². The van der Waals surface area contributed by atoms with Crippen LogP contribution in [-0.4, -0.2) is 34.9 Å². The Labute approximate surface area is 76.2 Å². The molecule has 0 fully saturated rings. The highest BCUT2D eigenvalue weighted by Gasteiger charge is 2.14. The largest absolute Gasteiger partial charge is 0.392 e. The molecule has 1 aromatic rings. The Hall–Kier alpha value is -0.850. The second-order valence-corrected chi connectivity index (χ2v) is 4.30. The Morgan fingerprint density at radius 3 is 2.69 bits per heavy atom. The molecule has 1 rings (SSSR count). The number of hydrogen-bond acceptors (Lipinski definition) is 3. The summed E-state index contributed by atoms with van der Waals surface area (Å²) in [5, 5.41) is 9.20. The number of aromatic amines is 1. The van der Waals surface area contributed by atoms with E-state index in [1.165, 1.54) is 0 Å². The van der Waals surface area contributed by atoms with E-state index < -0.39 is 22.0 Å². The molecule has 1 heterocycles. The van der Waals surface area contributed by atoms with Gasteiger partial charge in [0.05, 0.1) is 6.10 Å². The predicted octanol–water partition coefficient (Wildman–Crippen LogP) is -0.194. The van der Waals surface area contributed by atoms with Crippen molar-refractivity contribution in [2.75, 3.05) is 5.75 Å². The van der Waals surface area contributed by atoms with Crippen molar-refractivity contribution in [2.45, 2.75) is 12.5 Å². The van der Waals surface area contributed by atoms with Crippen LogP contribution in [0, 0.1) is 0 Å². The van der Waals surface area contributed by atoms with Gasteiger partial charge in [0.25, 0.3) is 10.1 Å². The molecule has 1 atom stereocenters. The molecule has 0 saturated heterocycles. The Morgan fingerprint density at radius 2 is 2.23 bits per heavy atom. The zero-order chi connectivity index (χ0) is 9.90. The van der Waals surface area contributed by atoms with Gasteiger partial charge in [-0.2, -0.15) is 8.42 Å². The van der Waals surface area contributed by atoms with Crippen molar-refractivity contribution in [1.82, 2.24) is 4.98 Å². The van der Waals surface area contributed by atoms with E-state index in [2.05, 4.69) is 4.98 Å². The second kappa shape index (κ2) is 3.91. The predicted molar refractivity (Wildman–Crippen MR) is 46.9 cm³/mol. The SMILES string of the molecule is O=S(=O)(O)CC(O)Cc1ccc[nH]1. The summed E-state index contributed by atoms with van der Waals surface area (Å²) in [6.07, 6.45) is 0.788. The fourth-order valence-electron chi connectivity index (χ4n) is 1.05. The van der Waals surface area contributed by atoms with Crippen molar-refractivity contribution in [1.29, 1.82) is 0 Å². The first-order valence-electron chi connectivity index (χ1n) is 3.73. The highest BCUT2D eigenvalue weighted by Crippen LogP contribution is 2.01. The number of nitrogens with one attached hydrogen (secondary N) is 1. The Bertz CT molecular complexity index is 343. The third-order valence-electron chi connectivity index (χ3n) is 1.52. The van der Waals surface area contributed by atoms with Gasteiger partial charge in [-0.3, -0.25) is 4.55 Å². The van der Waals surface area contributed by atoms with Crippen molar-refractivity contribution < 1.29 is 18.1 Å². The molecule has 74 valence electrons. The van der Waals surface area contributed by atoms with Gasteiger partial charge in [-0.15, -0.1) is 0 Å². The first kappa shape index (κ1) is 10.2. The molecule has 1 unspecified atom stereocenters. The Balaban J connectivity index is 2.47. The van der Waals surface area contributed by atoms with Crippen molar-refractivity contribution >= 4 is 10.1 Å². The van der Waals surface area contributed by atoms with Crippen molar-refractivity contribution in [2.24, 2.45) is 0 Å². The first-order chi connectivity index (χ1) is 5.97. The quantitative estimate of drug-likeness (QED) is 0.594. The highest BCUT2D eigenvalue weighted by molar-refractivity contribution is 7.85. The summed E-state index contributed by atoms with van der Waals surface area (Å²) >= 11 is 0. The number of H-pyrrole nitrogens is 1. The molecule has 6 heteroatoms. The maximum absolute atomic E-state index is 10.4. The summed E-state index contributed by atoms with van der Waals surface area (Å²) < 4.78 is 29.1. The van der Waals surface area contributed by atoms with E-state index >= 15 is 0 Å². The molecule has 0 aromatic carbocycles. The van der Waals surface area contributed by atoms with Crippen LogP contribution in [-0.2, 0) is 16.5 Å². The van der Waals surface area contributed by atoms with E-state index in [0.717, 1.165) is 5.69 Å². The summed E-state index contributed by atoms with van der Waals surface area (Å²) in [5.74, 6) is -0.633. The molecule has 0 aliphatic carbocycles. The normalized spacial score (nSPS) is 14.3. The monoisotopic (exact) mass is 205 g/mol. The van der Waals surface area contributed by atoms with E-state index in [1.807, 2.05) is 0 Å². The molecule has 0 aliphatic rings. The third kappa shape index (κ3) is 4.07. The van der Waals surface area contributed by atoms with Gasteiger partial charge in [-0.1, -0.05) is 0 Å². The fraction of sp³-hybridized carbons (Fsp3) is 0.429. The van der Waals surface area contributed by atoms with Gasteiger partial charge in [-0.05, 0) is 12.1 Å². The van der Waals surface area contributed by atoms with Crippen LogP contribution < -0.4 is 0 Å². The van der Waals surface area contributed by atoms with Crippen LogP contribution in [0.3, 0.4) is 0 Å². The number of aromatic nitrogens is 1. The minimum Gasteiger partial charge on any atom is -0.392 e. The van der Waals surface area contributed by atoms with Crippen LogP contribution in [0.4, 0.5) is 0 Å². The van der Waals surface area contributed by atoms with Gasteiger partial charge in [0, 0.05) is 18.3 Å². The lowest BCUT2D eigenvalue weighted by molar-refractivity contribution is 0.194. The number of hydrogen-bond donors (Lipinski definition) is 3. The Kier molecular flexibility index (Phi) is 3.07. The minimum absolute atomic E-state index is 0.187. The van der Waals surface area contributed by atoms with Gasteiger partial charge in [0.2, 0.25) is 0 Å². The first-order valence-corrected chi connectivity index (χ1v) is 5.34. The summed E-state index contributed by atoms with van der Waals surface area (Å²) in [5.41, 5.74) is 0.733. The molecule has 1 aromatic heterocycles. The fourth-order valence-corrected chi connectivity index (χ4v) is 1.65. The van der Waals surface area contributed by atoms with Gasteiger partial charge in [-0.25, -0.2) is 0 Å². The lowest BCUT2D eigenvalue weighted by atomic mass is 10.2. The van der Waals surface area contributed by atoms with Crippen LogP contribution in [0.15, 0.2) is 18.3 Å². The molecule has 5 nitrogen and oxygen atoms in total. The average molecular weight is 205 g/mol. The maximum Gasteiger partial charge on any atom is 0.267 e. The van der Waals surface area contributed by atoms with Crippen molar-refractivity contribution in [3.63, 3.8) is 0 Å².